The first kappa shape index (κ1) is 16.0. The summed E-state index contributed by atoms with van der Waals surface area (Å²) in [6, 6.07) is 6.14. The van der Waals surface area contributed by atoms with E-state index in [2.05, 4.69) is 25.9 Å². The highest BCUT2D eigenvalue weighted by Gasteiger charge is 2.17. The lowest BCUT2D eigenvalue weighted by Gasteiger charge is -2.16. The fourth-order valence-electron chi connectivity index (χ4n) is 3.37. The van der Waals surface area contributed by atoms with Crippen LogP contribution in [0.3, 0.4) is 0 Å². The Labute approximate surface area is 150 Å². The summed E-state index contributed by atoms with van der Waals surface area (Å²) in [4.78, 5) is 26.5. The molecule has 1 aliphatic heterocycles. The van der Waals surface area contributed by atoms with Crippen molar-refractivity contribution in [1.29, 1.82) is 0 Å². The van der Waals surface area contributed by atoms with E-state index in [1.807, 2.05) is 26.0 Å². The lowest BCUT2D eigenvalue weighted by atomic mass is 10.1. The summed E-state index contributed by atoms with van der Waals surface area (Å²) in [5, 5.41) is 0.361. The van der Waals surface area contributed by atoms with E-state index in [0.29, 0.717) is 21.6 Å². The first-order valence-electron chi connectivity index (χ1n) is 8.38. The molecule has 0 bridgehead atoms. The second kappa shape index (κ2) is 6.07. The normalized spacial score (nSPS) is 14.4. The first-order chi connectivity index (χ1) is 12.0. The van der Waals surface area contributed by atoms with Gasteiger partial charge in [0, 0.05) is 18.8 Å². The molecule has 7 heteroatoms. The minimum Gasteiger partial charge on any atom is -0.342 e. The van der Waals surface area contributed by atoms with Gasteiger partial charge in [0.2, 0.25) is 5.95 Å². The van der Waals surface area contributed by atoms with E-state index in [-0.39, 0.29) is 5.56 Å². The highest BCUT2D eigenvalue weighted by atomic mass is 32.1. The first-order valence-corrected chi connectivity index (χ1v) is 8.79. The highest BCUT2D eigenvalue weighted by molar-refractivity contribution is 7.71. The van der Waals surface area contributed by atoms with E-state index < -0.39 is 0 Å². The van der Waals surface area contributed by atoms with Gasteiger partial charge in [-0.15, -0.1) is 0 Å². The highest BCUT2D eigenvalue weighted by Crippen LogP contribution is 2.19. The molecule has 0 saturated carbocycles. The number of aryl methyl sites for hydroxylation is 2. The van der Waals surface area contributed by atoms with Gasteiger partial charge in [0.25, 0.3) is 5.56 Å². The van der Waals surface area contributed by atoms with Crippen LogP contribution in [0.25, 0.3) is 16.7 Å². The van der Waals surface area contributed by atoms with E-state index in [1.165, 1.54) is 0 Å². The van der Waals surface area contributed by atoms with Gasteiger partial charge in [-0.1, -0.05) is 18.3 Å². The molecule has 0 aliphatic carbocycles. The number of hydrogen-bond donors (Lipinski definition) is 1. The number of fused-ring (bicyclic) bond motifs is 1. The predicted molar refractivity (Wildman–Crippen MR) is 101 cm³/mol. The Morgan fingerprint density at radius 1 is 1.12 bits per heavy atom. The molecular weight excluding hydrogens is 334 g/mol. The van der Waals surface area contributed by atoms with E-state index in [4.69, 9.17) is 12.2 Å². The van der Waals surface area contributed by atoms with Crippen molar-refractivity contribution in [3.63, 3.8) is 0 Å². The molecule has 128 valence electrons. The van der Waals surface area contributed by atoms with Crippen LogP contribution < -0.4 is 10.5 Å². The fourth-order valence-corrected chi connectivity index (χ4v) is 3.71. The molecule has 1 fully saturated rings. The summed E-state index contributed by atoms with van der Waals surface area (Å²) < 4.78 is 2.20. The van der Waals surface area contributed by atoms with E-state index >= 15 is 0 Å². The van der Waals surface area contributed by atoms with Gasteiger partial charge in [-0.05, 0) is 49.9 Å². The molecule has 0 amide bonds. The van der Waals surface area contributed by atoms with Gasteiger partial charge in [-0.25, -0.2) is 4.98 Å². The van der Waals surface area contributed by atoms with Crippen molar-refractivity contribution in [2.75, 3.05) is 18.0 Å². The zero-order chi connectivity index (χ0) is 17.6. The maximum Gasteiger partial charge on any atom is 0.264 e. The Hall–Kier alpha value is -2.54. The SMILES string of the molecule is Cc1cc(C)cc(-n2cnc3nc(N4CCCC4)[nH]c(=O)c3c2=S)c1. The Balaban J connectivity index is 1.91. The molecular formula is C18H19N5OS. The molecule has 25 heavy (non-hydrogen) atoms. The van der Waals surface area contributed by atoms with Crippen molar-refractivity contribution < 1.29 is 0 Å². The number of rotatable bonds is 2. The van der Waals surface area contributed by atoms with E-state index in [0.717, 1.165) is 42.7 Å². The van der Waals surface area contributed by atoms with Crippen molar-refractivity contribution in [2.24, 2.45) is 0 Å². The monoisotopic (exact) mass is 353 g/mol. The van der Waals surface area contributed by atoms with Gasteiger partial charge in [-0.3, -0.25) is 14.3 Å². The smallest absolute Gasteiger partial charge is 0.264 e. The Bertz CT molecular complexity index is 1060. The number of aromatic amines is 1. The molecule has 1 saturated heterocycles. The number of nitrogens with zero attached hydrogens (tertiary/aromatic N) is 4. The van der Waals surface area contributed by atoms with Crippen molar-refractivity contribution >= 4 is 29.2 Å². The van der Waals surface area contributed by atoms with Crippen LogP contribution in [-0.4, -0.2) is 32.6 Å². The molecule has 0 radical (unpaired) electrons. The molecule has 1 aromatic carbocycles. The second-order valence-corrected chi connectivity index (χ2v) is 6.93. The Kier molecular flexibility index (Phi) is 3.88. The van der Waals surface area contributed by atoms with Crippen LogP contribution in [0.5, 0.6) is 0 Å². The molecule has 3 aromatic rings. The number of hydrogen-bond acceptors (Lipinski definition) is 5. The molecule has 1 aliphatic rings. The molecule has 1 N–H and O–H groups in total. The summed E-state index contributed by atoms with van der Waals surface area (Å²) in [5.74, 6) is 0.584. The number of aromatic nitrogens is 4. The van der Waals surface area contributed by atoms with E-state index in [1.54, 1.807) is 10.9 Å². The lowest BCUT2D eigenvalue weighted by molar-refractivity contribution is 0.890. The third kappa shape index (κ3) is 2.84. The maximum atomic E-state index is 12.7. The Morgan fingerprint density at radius 2 is 1.80 bits per heavy atom. The molecule has 0 unspecified atom stereocenters. The largest absolute Gasteiger partial charge is 0.342 e. The Morgan fingerprint density at radius 3 is 2.48 bits per heavy atom. The molecule has 6 nitrogen and oxygen atoms in total. The van der Waals surface area contributed by atoms with Gasteiger partial charge >= 0.3 is 0 Å². The third-order valence-electron chi connectivity index (χ3n) is 4.51. The summed E-state index contributed by atoms with van der Waals surface area (Å²) in [6.07, 6.45) is 3.88. The van der Waals surface area contributed by atoms with Crippen LogP contribution in [0.15, 0.2) is 29.3 Å². The van der Waals surface area contributed by atoms with Crippen molar-refractivity contribution in [3.8, 4) is 5.69 Å². The zero-order valence-electron chi connectivity index (χ0n) is 14.2. The van der Waals surface area contributed by atoms with Crippen LogP contribution in [-0.2, 0) is 0 Å². The topological polar surface area (TPSA) is 66.8 Å². The summed E-state index contributed by atoms with van der Waals surface area (Å²) >= 11 is 5.58. The van der Waals surface area contributed by atoms with Gasteiger partial charge in [0.15, 0.2) is 5.65 Å². The summed E-state index contributed by atoms with van der Waals surface area (Å²) in [7, 11) is 0. The lowest BCUT2D eigenvalue weighted by Crippen LogP contribution is -2.24. The maximum absolute atomic E-state index is 12.7. The number of nitrogens with one attached hydrogen (secondary N) is 1. The van der Waals surface area contributed by atoms with Crippen molar-refractivity contribution in [2.45, 2.75) is 26.7 Å². The van der Waals surface area contributed by atoms with Crippen LogP contribution >= 0.6 is 12.2 Å². The zero-order valence-corrected chi connectivity index (χ0v) is 15.1. The quantitative estimate of drug-likeness (QED) is 0.717. The molecule has 4 rings (SSSR count). The van der Waals surface area contributed by atoms with Gasteiger partial charge in [-0.2, -0.15) is 4.98 Å². The predicted octanol–water partition coefficient (Wildman–Crippen LogP) is 3.06. The average molecular weight is 353 g/mol. The fraction of sp³-hybridized carbons (Fsp3) is 0.333. The van der Waals surface area contributed by atoms with Crippen LogP contribution in [0.2, 0.25) is 0 Å². The van der Waals surface area contributed by atoms with Crippen LogP contribution in [0.1, 0.15) is 24.0 Å². The summed E-state index contributed by atoms with van der Waals surface area (Å²) in [5.41, 5.74) is 3.33. The van der Waals surface area contributed by atoms with Crippen molar-refractivity contribution in [3.05, 3.63) is 50.6 Å². The third-order valence-corrected chi connectivity index (χ3v) is 4.91. The van der Waals surface area contributed by atoms with Gasteiger partial charge < -0.3 is 4.90 Å². The van der Waals surface area contributed by atoms with Crippen LogP contribution in [0, 0.1) is 18.5 Å². The van der Waals surface area contributed by atoms with Gasteiger partial charge in [0.05, 0.1) is 0 Å². The molecule has 0 spiro atoms. The number of benzene rings is 1. The number of H-pyrrole nitrogens is 1. The standard InChI is InChI=1S/C18H19N5OS/c1-11-7-12(2)9-13(8-11)23-10-19-15-14(17(23)25)16(24)21-18(20-15)22-5-3-4-6-22/h7-10H,3-6H2,1-2H3,(H,20,21,24). The second-order valence-electron chi connectivity index (χ2n) is 6.55. The van der Waals surface area contributed by atoms with Crippen LogP contribution in [0.4, 0.5) is 5.95 Å². The van der Waals surface area contributed by atoms with Gasteiger partial charge in [0.1, 0.15) is 16.4 Å². The summed E-state index contributed by atoms with van der Waals surface area (Å²) in [6.45, 7) is 5.88. The van der Waals surface area contributed by atoms with Crippen molar-refractivity contribution in [1.82, 2.24) is 19.5 Å². The number of anilines is 1. The molecule has 0 atom stereocenters. The molecule has 3 heterocycles. The molecule has 2 aromatic heterocycles. The van der Waals surface area contributed by atoms with E-state index in [9.17, 15) is 4.79 Å². The minimum atomic E-state index is -0.233. The minimum absolute atomic E-state index is 0.233. The average Bonchev–Trinajstić information content (AvgIpc) is 3.08.